The van der Waals surface area contributed by atoms with Crippen LogP contribution in [0.5, 0.6) is 0 Å². The van der Waals surface area contributed by atoms with Crippen molar-refractivity contribution in [3.63, 3.8) is 0 Å². The Morgan fingerprint density at radius 1 is 1.53 bits per heavy atom. The van der Waals surface area contributed by atoms with Gasteiger partial charge >= 0.3 is 0 Å². The summed E-state index contributed by atoms with van der Waals surface area (Å²) >= 11 is 3.35. The normalized spacial score (nSPS) is 24.7. The van der Waals surface area contributed by atoms with Gasteiger partial charge in [0.1, 0.15) is 0 Å². The fourth-order valence-electron chi connectivity index (χ4n) is 2.17. The van der Waals surface area contributed by atoms with Gasteiger partial charge in [0.25, 0.3) is 0 Å². The third-order valence-corrected chi connectivity index (χ3v) is 5.33. The molecule has 1 aliphatic rings. The van der Waals surface area contributed by atoms with E-state index in [-0.39, 0.29) is 23.5 Å². The zero-order chi connectivity index (χ0) is 12.5. The average Bonchev–Trinajstić information content (AvgIpc) is 2.59. The Balaban J connectivity index is 2.00. The molecule has 4 nitrogen and oxygen atoms in total. The van der Waals surface area contributed by atoms with Gasteiger partial charge in [-0.05, 0) is 46.3 Å². The van der Waals surface area contributed by atoms with E-state index in [0.29, 0.717) is 12.8 Å². The van der Waals surface area contributed by atoms with E-state index in [1.807, 2.05) is 6.07 Å². The minimum atomic E-state index is -2.85. The summed E-state index contributed by atoms with van der Waals surface area (Å²) in [6, 6.07) is 1.86. The zero-order valence-corrected chi connectivity index (χ0v) is 11.7. The van der Waals surface area contributed by atoms with Crippen LogP contribution in [0.4, 0.5) is 0 Å². The maximum Gasteiger partial charge on any atom is 0.150 e. The number of aromatic nitrogens is 1. The Kier molecular flexibility index (Phi) is 3.85. The zero-order valence-electron chi connectivity index (χ0n) is 9.34. The number of sulfone groups is 1. The molecule has 1 aromatic heterocycles. The lowest BCUT2D eigenvalue weighted by molar-refractivity contribution is 0.460. The van der Waals surface area contributed by atoms with Crippen LogP contribution in [0.2, 0.25) is 0 Å². The molecule has 0 bridgehead atoms. The molecule has 2 unspecified atom stereocenters. The lowest BCUT2D eigenvalue weighted by atomic mass is 9.94. The number of halogens is 1. The van der Waals surface area contributed by atoms with Crippen LogP contribution < -0.4 is 5.73 Å². The first-order valence-corrected chi connectivity index (χ1v) is 8.13. The van der Waals surface area contributed by atoms with E-state index in [1.54, 1.807) is 12.4 Å². The molecule has 0 aromatic carbocycles. The summed E-state index contributed by atoms with van der Waals surface area (Å²) in [7, 11) is -2.85. The summed E-state index contributed by atoms with van der Waals surface area (Å²) in [5, 5.41) is 0. The predicted octanol–water partition coefficient (Wildman–Crippen LogP) is 1.15. The fraction of sp³-hybridized carbons (Fsp3) is 0.545. The van der Waals surface area contributed by atoms with Crippen molar-refractivity contribution in [2.45, 2.75) is 18.9 Å². The van der Waals surface area contributed by atoms with E-state index in [9.17, 15) is 8.42 Å². The lowest BCUT2D eigenvalue weighted by Gasteiger charge is -2.17. The monoisotopic (exact) mass is 318 g/mol. The molecule has 0 aliphatic carbocycles. The first-order chi connectivity index (χ1) is 7.96. The van der Waals surface area contributed by atoms with E-state index in [4.69, 9.17) is 5.73 Å². The van der Waals surface area contributed by atoms with Gasteiger partial charge in [0.15, 0.2) is 9.84 Å². The van der Waals surface area contributed by atoms with E-state index in [2.05, 4.69) is 20.9 Å². The molecule has 0 saturated carbocycles. The fourth-order valence-corrected chi connectivity index (χ4v) is 4.47. The molecular weight excluding hydrogens is 304 g/mol. The number of nitrogens with zero attached hydrogens (tertiary/aromatic N) is 1. The van der Waals surface area contributed by atoms with Crippen molar-refractivity contribution in [1.29, 1.82) is 0 Å². The molecular formula is C11H15BrN2O2S. The molecule has 2 heterocycles. The Hall–Kier alpha value is -0.460. The van der Waals surface area contributed by atoms with Gasteiger partial charge in [-0.3, -0.25) is 4.98 Å². The molecule has 6 heteroatoms. The molecule has 0 spiro atoms. The lowest BCUT2D eigenvalue weighted by Crippen LogP contribution is -2.33. The molecule has 94 valence electrons. The van der Waals surface area contributed by atoms with Gasteiger partial charge in [-0.1, -0.05) is 0 Å². The van der Waals surface area contributed by atoms with Crippen LogP contribution in [0, 0.1) is 5.92 Å². The average molecular weight is 319 g/mol. The summed E-state index contributed by atoms with van der Waals surface area (Å²) in [6.45, 7) is 0. The maximum atomic E-state index is 11.4. The second kappa shape index (κ2) is 5.04. The third kappa shape index (κ3) is 3.50. The highest BCUT2D eigenvalue weighted by atomic mass is 79.9. The smallest absolute Gasteiger partial charge is 0.150 e. The summed E-state index contributed by atoms with van der Waals surface area (Å²) in [4.78, 5) is 4.07. The third-order valence-electron chi connectivity index (χ3n) is 3.11. The van der Waals surface area contributed by atoms with Crippen molar-refractivity contribution in [3.8, 4) is 0 Å². The summed E-state index contributed by atoms with van der Waals surface area (Å²) in [6.07, 6.45) is 4.85. The number of hydrogen-bond acceptors (Lipinski definition) is 4. The highest BCUT2D eigenvalue weighted by Crippen LogP contribution is 2.23. The molecule has 1 aromatic rings. The van der Waals surface area contributed by atoms with Gasteiger partial charge < -0.3 is 5.73 Å². The van der Waals surface area contributed by atoms with Crippen LogP contribution in [0.3, 0.4) is 0 Å². The molecule has 2 atom stereocenters. The maximum absolute atomic E-state index is 11.4. The van der Waals surface area contributed by atoms with Crippen molar-refractivity contribution >= 4 is 25.8 Å². The van der Waals surface area contributed by atoms with E-state index in [1.165, 1.54) is 0 Å². The minimum Gasteiger partial charge on any atom is -0.327 e. The van der Waals surface area contributed by atoms with Crippen LogP contribution in [0.25, 0.3) is 0 Å². The summed E-state index contributed by atoms with van der Waals surface area (Å²) < 4.78 is 23.7. The summed E-state index contributed by atoms with van der Waals surface area (Å²) in [5.74, 6) is 0.594. The second-order valence-corrected chi connectivity index (χ2v) is 7.69. The topological polar surface area (TPSA) is 73.0 Å². The standard InChI is InChI=1S/C11H15BrN2O2S/c12-10-3-8(5-14-6-10)4-11(13)9-1-2-17(15,16)7-9/h3,5-6,9,11H,1-2,4,7,13H2. The van der Waals surface area contributed by atoms with Crippen LogP contribution >= 0.6 is 15.9 Å². The molecule has 2 rings (SSSR count). The summed E-state index contributed by atoms with van der Waals surface area (Å²) in [5.41, 5.74) is 7.11. The van der Waals surface area contributed by atoms with Gasteiger partial charge in [0.2, 0.25) is 0 Å². The predicted molar refractivity (Wildman–Crippen MR) is 70.4 cm³/mol. The van der Waals surface area contributed by atoms with Crippen LogP contribution in [-0.2, 0) is 16.3 Å². The first-order valence-electron chi connectivity index (χ1n) is 5.52. The minimum absolute atomic E-state index is 0.0824. The SMILES string of the molecule is NC(Cc1cncc(Br)c1)C1CCS(=O)(=O)C1. The molecule has 17 heavy (non-hydrogen) atoms. The van der Waals surface area contributed by atoms with Crippen molar-refractivity contribution in [3.05, 3.63) is 28.5 Å². The van der Waals surface area contributed by atoms with Crippen molar-refractivity contribution in [2.24, 2.45) is 11.7 Å². The number of rotatable bonds is 3. The molecule has 0 amide bonds. The Labute approximate surface area is 110 Å². The van der Waals surface area contributed by atoms with Crippen molar-refractivity contribution in [1.82, 2.24) is 4.98 Å². The van der Waals surface area contributed by atoms with Crippen molar-refractivity contribution < 1.29 is 8.42 Å². The van der Waals surface area contributed by atoms with Gasteiger partial charge in [-0.2, -0.15) is 0 Å². The molecule has 1 aliphatic heterocycles. The molecule has 1 saturated heterocycles. The van der Waals surface area contributed by atoms with Gasteiger partial charge in [0.05, 0.1) is 11.5 Å². The second-order valence-electron chi connectivity index (χ2n) is 4.54. The highest BCUT2D eigenvalue weighted by molar-refractivity contribution is 9.10. The number of hydrogen-bond donors (Lipinski definition) is 1. The molecule has 2 N–H and O–H groups in total. The van der Waals surface area contributed by atoms with Crippen LogP contribution in [0.1, 0.15) is 12.0 Å². The Bertz CT molecular complexity index is 504. The quantitative estimate of drug-likeness (QED) is 0.907. The Morgan fingerprint density at radius 3 is 2.88 bits per heavy atom. The number of nitrogens with two attached hydrogens (primary N) is 1. The first kappa shape index (κ1) is 13.0. The number of pyridine rings is 1. The van der Waals surface area contributed by atoms with Crippen molar-refractivity contribution in [2.75, 3.05) is 11.5 Å². The van der Waals surface area contributed by atoms with E-state index < -0.39 is 9.84 Å². The largest absolute Gasteiger partial charge is 0.327 e. The molecule has 0 radical (unpaired) electrons. The molecule has 1 fully saturated rings. The van der Waals surface area contributed by atoms with Gasteiger partial charge in [-0.15, -0.1) is 0 Å². The Morgan fingerprint density at radius 2 is 2.29 bits per heavy atom. The van der Waals surface area contributed by atoms with E-state index >= 15 is 0 Å². The van der Waals surface area contributed by atoms with Crippen LogP contribution in [-0.4, -0.2) is 30.9 Å². The van der Waals surface area contributed by atoms with Gasteiger partial charge in [-0.25, -0.2) is 8.42 Å². The van der Waals surface area contributed by atoms with E-state index in [0.717, 1.165) is 10.0 Å². The highest BCUT2D eigenvalue weighted by Gasteiger charge is 2.31. The van der Waals surface area contributed by atoms with Gasteiger partial charge in [0, 0.05) is 22.9 Å². The van der Waals surface area contributed by atoms with Crippen LogP contribution in [0.15, 0.2) is 22.9 Å².